The van der Waals surface area contributed by atoms with Gasteiger partial charge in [-0.05, 0) is 25.2 Å². The molecule has 1 aliphatic rings. The molecule has 0 bridgehead atoms. The van der Waals surface area contributed by atoms with Crippen molar-refractivity contribution in [3.63, 3.8) is 0 Å². The molecule has 0 aliphatic carbocycles. The molecule has 3 rings (SSSR count). The normalized spacial score (nSPS) is 18.5. The molecule has 110 valence electrons. The molecule has 21 heavy (non-hydrogen) atoms. The number of para-hydroxylation sites is 2. The number of benzene rings is 2. The Morgan fingerprint density at radius 1 is 1.19 bits per heavy atom. The fourth-order valence-corrected chi connectivity index (χ4v) is 3.70. The van der Waals surface area contributed by atoms with E-state index in [2.05, 4.69) is 17.4 Å². The Morgan fingerprint density at radius 2 is 1.95 bits per heavy atom. The largest absolute Gasteiger partial charge is 0.496 e. The van der Waals surface area contributed by atoms with Crippen molar-refractivity contribution >= 4 is 11.8 Å². The molecule has 0 aromatic heterocycles. The molecule has 3 nitrogen and oxygen atoms in total. The maximum absolute atomic E-state index is 6.20. The fourth-order valence-electron chi connectivity index (χ4n) is 2.67. The lowest BCUT2D eigenvalue weighted by Gasteiger charge is -2.32. The molecule has 0 radical (unpaired) electrons. The minimum absolute atomic E-state index is 0.0752. The Bertz CT molecular complexity index is 617. The third kappa shape index (κ3) is 2.87. The Morgan fingerprint density at radius 3 is 2.76 bits per heavy atom. The van der Waals surface area contributed by atoms with Gasteiger partial charge in [0.1, 0.15) is 17.6 Å². The fraction of sp³-hybridized carbons (Fsp3) is 0.294. The highest BCUT2D eigenvalue weighted by Gasteiger charge is 2.29. The van der Waals surface area contributed by atoms with E-state index in [1.807, 2.05) is 55.2 Å². The van der Waals surface area contributed by atoms with E-state index in [9.17, 15) is 0 Å². The van der Waals surface area contributed by atoms with Gasteiger partial charge in [-0.15, -0.1) is 11.8 Å². The lowest BCUT2D eigenvalue weighted by atomic mass is 10.0. The van der Waals surface area contributed by atoms with Crippen molar-refractivity contribution in [3.8, 4) is 11.5 Å². The van der Waals surface area contributed by atoms with Gasteiger partial charge in [0.05, 0.1) is 13.2 Å². The number of rotatable bonds is 4. The Labute approximate surface area is 129 Å². The number of fused-ring (bicyclic) bond motifs is 1. The first kappa shape index (κ1) is 14.3. The van der Waals surface area contributed by atoms with E-state index >= 15 is 0 Å². The van der Waals surface area contributed by atoms with Gasteiger partial charge in [-0.2, -0.15) is 0 Å². The first-order chi connectivity index (χ1) is 10.3. The predicted molar refractivity (Wildman–Crippen MR) is 86.4 cm³/mol. The second-order valence-electron chi connectivity index (χ2n) is 4.92. The Balaban J connectivity index is 1.88. The highest BCUT2D eigenvalue weighted by Crippen LogP contribution is 2.39. The summed E-state index contributed by atoms with van der Waals surface area (Å²) in [6, 6.07) is 16.4. The summed E-state index contributed by atoms with van der Waals surface area (Å²) in [5.41, 5.74) is 1.13. The van der Waals surface area contributed by atoms with E-state index in [0.29, 0.717) is 0 Å². The van der Waals surface area contributed by atoms with Crippen LogP contribution < -0.4 is 14.8 Å². The monoisotopic (exact) mass is 301 g/mol. The average molecular weight is 301 g/mol. The van der Waals surface area contributed by atoms with E-state index in [4.69, 9.17) is 9.47 Å². The van der Waals surface area contributed by atoms with E-state index in [1.54, 1.807) is 7.11 Å². The number of ether oxygens (including phenoxy) is 2. The van der Waals surface area contributed by atoms with Gasteiger partial charge < -0.3 is 14.8 Å². The lowest BCUT2D eigenvalue weighted by molar-refractivity contribution is 0.169. The van der Waals surface area contributed by atoms with E-state index in [0.717, 1.165) is 22.8 Å². The van der Waals surface area contributed by atoms with Crippen LogP contribution in [0.25, 0.3) is 0 Å². The van der Waals surface area contributed by atoms with Crippen molar-refractivity contribution in [2.24, 2.45) is 0 Å². The van der Waals surface area contributed by atoms with Crippen LogP contribution >= 0.6 is 11.8 Å². The van der Waals surface area contributed by atoms with Crippen molar-refractivity contribution in [2.75, 3.05) is 19.9 Å². The molecular weight excluding hydrogens is 282 g/mol. The first-order valence-electron chi connectivity index (χ1n) is 7.02. The van der Waals surface area contributed by atoms with Gasteiger partial charge >= 0.3 is 0 Å². The molecule has 2 atom stereocenters. The van der Waals surface area contributed by atoms with Crippen molar-refractivity contribution in [1.29, 1.82) is 0 Å². The van der Waals surface area contributed by atoms with Crippen molar-refractivity contribution in [1.82, 2.24) is 5.32 Å². The molecule has 0 saturated carbocycles. The van der Waals surface area contributed by atoms with Gasteiger partial charge in [0, 0.05) is 16.2 Å². The van der Waals surface area contributed by atoms with E-state index in [1.165, 1.54) is 4.90 Å². The molecule has 1 aliphatic heterocycles. The average Bonchev–Trinajstić information content (AvgIpc) is 2.56. The number of thioether (sulfide) groups is 1. The summed E-state index contributed by atoms with van der Waals surface area (Å²) >= 11 is 1.84. The molecule has 0 spiro atoms. The molecule has 2 unspecified atom stereocenters. The Kier molecular flexibility index (Phi) is 4.36. The molecular formula is C17H19NO2S. The molecule has 0 amide bonds. The summed E-state index contributed by atoms with van der Waals surface area (Å²) in [5, 5.41) is 3.38. The minimum Gasteiger partial charge on any atom is -0.496 e. The lowest BCUT2D eigenvalue weighted by Crippen LogP contribution is -2.37. The second-order valence-corrected chi connectivity index (χ2v) is 5.98. The summed E-state index contributed by atoms with van der Waals surface area (Å²) in [4.78, 5) is 1.21. The predicted octanol–water partition coefficient (Wildman–Crippen LogP) is 3.51. The van der Waals surface area contributed by atoms with E-state index < -0.39 is 0 Å². The van der Waals surface area contributed by atoms with Gasteiger partial charge in [-0.3, -0.25) is 0 Å². The number of hydrogen-bond acceptors (Lipinski definition) is 4. The van der Waals surface area contributed by atoms with Crippen molar-refractivity contribution < 1.29 is 9.47 Å². The summed E-state index contributed by atoms with van der Waals surface area (Å²) in [7, 11) is 3.67. The minimum atomic E-state index is 0.0752. The third-order valence-corrected chi connectivity index (χ3v) is 4.83. The SMILES string of the molecule is CNC(c1ccccc1OC)C1CSc2ccccc2O1. The topological polar surface area (TPSA) is 30.5 Å². The van der Waals surface area contributed by atoms with E-state index in [-0.39, 0.29) is 12.1 Å². The smallest absolute Gasteiger partial charge is 0.133 e. The van der Waals surface area contributed by atoms with Gasteiger partial charge in [0.25, 0.3) is 0 Å². The number of hydrogen-bond donors (Lipinski definition) is 1. The highest BCUT2D eigenvalue weighted by molar-refractivity contribution is 7.99. The van der Waals surface area contributed by atoms with Crippen LogP contribution in [0.4, 0.5) is 0 Å². The van der Waals surface area contributed by atoms with Gasteiger partial charge in [0.2, 0.25) is 0 Å². The van der Waals surface area contributed by atoms with Gasteiger partial charge in [-0.1, -0.05) is 30.3 Å². The van der Waals surface area contributed by atoms with Crippen LogP contribution in [0, 0.1) is 0 Å². The van der Waals surface area contributed by atoms with Crippen molar-refractivity contribution in [2.45, 2.75) is 17.0 Å². The van der Waals surface area contributed by atoms with Crippen LogP contribution in [-0.4, -0.2) is 26.0 Å². The molecule has 2 aromatic carbocycles. The zero-order chi connectivity index (χ0) is 14.7. The van der Waals surface area contributed by atoms with Crippen LogP contribution in [0.2, 0.25) is 0 Å². The molecule has 1 N–H and O–H groups in total. The van der Waals surface area contributed by atoms with Crippen LogP contribution in [0.3, 0.4) is 0 Å². The molecule has 2 aromatic rings. The summed E-state index contributed by atoms with van der Waals surface area (Å²) in [6.07, 6.45) is 0.0752. The van der Waals surface area contributed by atoms with Crippen LogP contribution in [0.1, 0.15) is 11.6 Å². The summed E-state index contributed by atoms with van der Waals surface area (Å²) in [6.45, 7) is 0. The number of methoxy groups -OCH3 is 1. The summed E-state index contributed by atoms with van der Waals surface area (Å²) in [5.74, 6) is 2.78. The number of likely N-dealkylation sites (N-methyl/N-ethyl adjacent to an activating group) is 1. The molecule has 4 heteroatoms. The first-order valence-corrected chi connectivity index (χ1v) is 8.00. The molecule has 1 heterocycles. The standard InChI is InChI=1S/C17H19NO2S/c1-18-17(12-7-3-4-8-13(12)19-2)15-11-21-16-10-6-5-9-14(16)20-15/h3-10,15,17-18H,11H2,1-2H3. The van der Waals surface area contributed by atoms with Crippen LogP contribution in [0.5, 0.6) is 11.5 Å². The Hall–Kier alpha value is -1.65. The van der Waals surface area contributed by atoms with Crippen LogP contribution in [0.15, 0.2) is 53.4 Å². The zero-order valence-corrected chi connectivity index (χ0v) is 13.0. The highest BCUT2D eigenvalue weighted by atomic mass is 32.2. The summed E-state index contributed by atoms with van der Waals surface area (Å²) < 4.78 is 11.7. The zero-order valence-electron chi connectivity index (χ0n) is 12.2. The molecule has 0 fully saturated rings. The second kappa shape index (κ2) is 6.41. The van der Waals surface area contributed by atoms with Gasteiger partial charge in [-0.25, -0.2) is 0 Å². The quantitative estimate of drug-likeness (QED) is 0.936. The maximum Gasteiger partial charge on any atom is 0.133 e. The maximum atomic E-state index is 6.20. The van der Waals surface area contributed by atoms with Crippen LogP contribution in [-0.2, 0) is 0 Å². The third-order valence-electron chi connectivity index (χ3n) is 3.69. The molecule has 0 saturated heterocycles. The van der Waals surface area contributed by atoms with Gasteiger partial charge in [0.15, 0.2) is 0 Å². The van der Waals surface area contributed by atoms with Crippen molar-refractivity contribution in [3.05, 3.63) is 54.1 Å². The number of nitrogens with one attached hydrogen (secondary N) is 1.